The van der Waals surface area contributed by atoms with Crippen LogP contribution >= 0.6 is 0 Å². The van der Waals surface area contributed by atoms with Crippen molar-refractivity contribution in [1.82, 2.24) is 4.98 Å². The first-order valence-corrected chi connectivity index (χ1v) is 6.17. The van der Waals surface area contributed by atoms with Crippen molar-refractivity contribution in [1.29, 1.82) is 0 Å². The van der Waals surface area contributed by atoms with E-state index in [1.807, 2.05) is 0 Å². The van der Waals surface area contributed by atoms with Crippen LogP contribution in [-0.2, 0) is 0 Å². The van der Waals surface area contributed by atoms with Gasteiger partial charge in [-0.3, -0.25) is 4.79 Å². The second-order valence-electron chi connectivity index (χ2n) is 4.50. The van der Waals surface area contributed by atoms with Crippen molar-refractivity contribution in [2.45, 2.75) is 13.8 Å². The maximum Gasteiger partial charge on any atom is 0.337 e. The van der Waals surface area contributed by atoms with Crippen molar-refractivity contribution in [3.8, 4) is 0 Å². The number of amides is 1. The number of hydrogen-bond acceptors (Lipinski definition) is 3. The first-order valence-electron chi connectivity index (χ1n) is 6.17. The lowest BCUT2D eigenvalue weighted by atomic mass is 10.1. The molecule has 1 amide bonds. The molecule has 1 heterocycles. The molecule has 0 spiro atoms. The number of aromatic nitrogens is 1. The van der Waals surface area contributed by atoms with Crippen LogP contribution in [0.15, 0.2) is 30.3 Å². The Kier molecular flexibility index (Phi) is 3.98. The highest BCUT2D eigenvalue weighted by Crippen LogP contribution is 2.18. The van der Waals surface area contributed by atoms with Crippen LogP contribution in [0, 0.1) is 19.7 Å². The minimum Gasteiger partial charge on any atom is -0.478 e. The Hall–Kier alpha value is -2.76. The summed E-state index contributed by atoms with van der Waals surface area (Å²) < 4.78 is 13.4. The number of carbonyl (C=O) groups excluding carboxylic acids is 1. The van der Waals surface area contributed by atoms with Gasteiger partial charge in [0.15, 0.2) is 0 Å². The van der Waals surface area contributed by atoms with Gasteiger partial charge < -0.3 is 10.4 Å². The lowest BCUT2D eigenvalue weighted by Crippen LogP contribution is -2.16. The van der Waals surface area contributed by atoms with Gasteiger partial charge in [0, 0.05) is 11.3 Å². The average Bonchev–Trinajstić information content (AvgIpc) is 2.43. The topological polar surface area (TPSA) is 79.3 Å². The molecule has 0 aliphatic carbocycles. The maximum absolute atomic E-state index is 13.4. The Morgan fingerprint density at radius 1 is 1.19 bits per heavy atom. The molecule has 2 rings (SSSR count). The number of carboxylic acid groups (broad SMARTS) is 1. The van der Waals surface area contributed by atoms with E-state index in [1.165, 1.54) is 31.2 Å². The summed E-state index contributed by atoms with van der Waals surface area (Å²) in [6, 6.07) is 7.01. The van der Waals surface area contributed by atoms with Crippen molar-refractivity contribution in [3.05, 3.63) is 58.7 Å². The van der Waals surface area contributed by atoms with Gasteiger partial charge in [0.1, 0.15) is 11.5 Å². The number of pyridine rings is 1. The van der Waals surface area contributed by atoms with E-state index in [4.69, 9.17) is 5.11 Å². The van der Waals surface area contributed by atoms with Crippen LogP contribution in [0.2, 0.25) is 0 Å². The number of nitrogens with zero attached hydrogens (tertiary/aromatic N) is 1. The largest absolute Gasteiger partial charge is 0.478 e. The van der Waals surface area contributed by atoms with Crippen molar-refractivity contribution >= 4 is 17.6 Å². The highest BCUT2D eigenvalue weighted by molar-refractivity contribution is 6.03. The summed E-state index contributed by atoms with van der Waals surface area (Å²) in [7, 11) is 0. The second kappa shape index (κ2) is 5.70. The van der Waals surface area contributed by atoms with Gasteiger partial charge in [-0.05, 0) is 38.1 Å². The molecular weight excluding hydrogens is 275 g/mol. The SMILES string of the molecule is Cc1nc(C(=O)Nc2cccc(F)c2C)ccc1C(=O)O. The number of nitrogens with one attached hydrogen (secondary N) is 1. The Bertz CT molecular complexity index is 729. The number of carboxylic acids is 1. The van der Waals surface area contributed by atoms with Crippen molar-refractivity contribution in [2.75, 3.05) is 5.32 Å². The van der Waals surface area contributed by atoms with Gasteiger partial charge >= 0.3 is 5.97 Å². The van der Waals surface area contributed by atoms with E-state index in [0.29, 0.717) is 11.3 Å². The lowest BCUT2D eigenvalue weighted by Gasteiger charge is -2.09. The molecule has 5 nitrogen and oxygen atoms in total. The second-order valence-corrected chi connectivity index (χ2v) is 4.50. The van der Waals surface area contributed by atoms with Crippen LogP contribution in [0.1, 0.15) is 32.1 Å². The molecule has 0 atom stereocenters. The number of halogens is 1. The zero-order valence-electron chi connectivity index (χ0n) is 11.5. The Morgan fingerprint density at radius 2 is 1.90 bits per heavy atom. The molecule has 0 aliphatic rings. The van der Waals surface area contributed by atoms with Gasteiger partial charge in [-0.25, -0.2) is 14.2 Å². The number of anilines is 1. The first kappa shape index (κ1) is 14.6. The molecule has 0 saturated carbocycles. The Balaban J connectivity index is 2.27. The van der Waals surface area contributed by atoms with Crippen LogP contribution < -0.4 is 5.32 Å². The van der Waals surface area contributed by atoms with E-state index in [2.05, 4.69) is 10.3 Å². The summed E-state index contributed by atoms with van der Waals surface area (Å²) in [5.41, 5.74) is 1.02. The molecule has 1 aromatic carbocycles. The highest BCUT2D eigenvalue weighted by Gasteiger charge is 2.14. The fraction of sp³-hybridized carbons (Fsp3) is 0.133. The molecule has 0 saturated heterocycles. The minimum atomic E-state index is -1.10. The van der Waals surface area contributed by atoms with Crippen LogP contribution in [0.4, 0.5) is 10.1 Å². The molecule has 0 aliphatic heterocycles. The van der Waals surface area contributed by atoms with Crippen LogP contribution in [0.3, 0.4) is 0 Å². The summed E-state index contributed by atoms with van der Waals surface area (Å²) in [4.78, 5) is 26.9. The third kappa shape index (κ3) is 3.05. The van der Waals surface area contributed by atoms with Crippen LogP contribution in [-0.4, -0.2) is 22.0 Å². The molecule has 6 heteroatoms. The number of hydrogen-bond donors (Lipinski definition) is 2. The van der Waals surface area contributed by atoms with Gasteiger partial charge in [-0.2, -0.15) is 0 Å². The summed E-state index contributed by atoms with van der Waals surface area (Å²) in [6.45, 7) is 3.06. The molecule has 1 aromatic heterocycles. The summed E-state index contributed by atoms with van der Waals surface area (Å²) in [5.74, 6) is -2.05. The molecule has 108 valence electrons. The zero-order valence-corrected chi connectivity index (χ0v) is 11.5. The third-order valence-electron chi connectivity index (χ3n) is 3.06. The van der Waals surface area contributed by atoms with E-state index < -0.39 is 17.7 Å². The monoisotopic (exact) mass is 288 g/mol. The highest BCUT2D eigenvalue weighted by atomic mass is 19.1. The fourth-order valence-corrected chi connectivity index (χ4v) is 1.84. The number of benzene rings is 1. The minimum absolute atomic E-state index is 0.0356. The average molecular weight is 288 g/mol. The zero-order chi connectivity index (χ0) is 15.6. The number of carbonyl (C=O) groups is 2. The van der Waals surface area contributed by atoms with Gasteiger partial charge in [0.2, 0.25) is 0 Å². The smallest absolute Gasteiger partial charge is 0.337 e. The maximum atomic E-state index is 13.4. The predicted octanol–water partition coefficient (Wildman–Crippen LogP) is 2.79. The van der Waals surface area contributed by atoms with E-state index >= 15 is 0 Å². The Morgan fingerprint density at radius 3 is 2.52 bits per heavy atom. The summed E-state index contributed by atoms with van der Waals surface area (Å²) in [5, 5.41) is 11.5. The Labute approximate surface area is 120 Å². The summed E-state index contributed by atoms with van der Waals surface area (Å²) >= 11 is 0. The van der Waals surface area contributed by atoms with E-state index in [-0.39, 0.29) is 17.0 Å². The van der Waals surface area contributed by atoms with Gasteiger partial charge in [0.05, 0.1) is 11.3 Å². The number of aromatic carboxylic acids is 1. The quantitative estimate of drug-likeness (QED) is 0.910. The van der Waals surface area contributed by atoms with Crippen LogP contribution in [0.5, 0.6) is 0 Å². The third-order valence-corrected chi connectivity index (χ3v) is 3.06. The van der Waals surface area contributed by atoms with E-state index in [0.717, 1.165) is 0 Å². The number of aryl methyl sites for hydroxylation is 1. The first-order chi connectivity index (χ1) is 9.90. The molecule has 0 unspecified atom stereocenters. The molecule has 0 bridgehead atoms. The molecule has 2 N–H and O–H groups in total. The van der Waals surface area contributed by atoms with Crippen molar-refractivity contribution < 1.29 is 19.1 Å². The van der Waals surface area contributed by atoms with Gasteiger partial charge in [0.25, 0.3) is 5.91 Å². The van der Waals surface area contributed by atoms with Crippen LogP contribution in [0.25, 0.3) is 0 Å². The molecule has 0 fully saturated rings. The normalized spacial score (nSPS) is 10.2. The lowest BCUT2D eigenvalue weighted by molar-refractivity contribution is 0.0695. The predicted molar refractivity (Wildman–Crippen MR) is 75.0 cm³/mol. The van der Waals surface area contributed by atoms with Gasteiger partial charge in [-0.15, -0.1) is 0 Å². The van der Waals surface area contributed by atoms with Crippen molar-refractivity contribution in [2.24, 2.45) is 0 Å². The van der Waals surface area contributed by atoms with E-state index in [9.17, 15) is 14.0 Å². The number of rotatable bonds is 3. The molecule has 0 radical (unpaired) electrons. The summed E-state index contributed by atoms with van der Waals surface area (Å²) in [6.07, 6.45) is 0. The van der Waals surface area contributed by atoms with Crippen molar-refractivity contribution in [3.63, 3.8) is 0 Å². The van der Waals surface area contributed by atoms with E-state index in [1.54, 1.807) is 13.0 Å². The molecule has 2 aromatic rings. The molecule has 21 heavy (non-hydrogen) atoms. The fourth-order valence-electron chi connectivity index (χ4n) is 1.84. The van der Waals surface area contributed by atoms with Gasteiger partial charge in [-0.1, -0.05) is 6.07 Å². The molecular formula is C15H13FN2O3. The standard InChI is InChI=1S/C15H13FN2O3/c1-8-11(16)4-3-5-12(8)18-14(19)13-7-6-10(15(20)21)9(2)17-13/h3-7H,1-2H3,(H,18,19)(H,20,21).